The Hall–Kier alpha value is -1.19. The fourth-order valence-corrected chi connectivity index (χ4v) is 0.238. The molecule has 0 unspecified atom stereocenters. The smallest absolute Gasteiger partial charge is 0.512 e. The van der Waals surface area contributed by atoms with E-state index in [0.717, 1.165) is 6.26 Å². The Bertz CT molecular complexity index is 108. The van der Waals surface area contributed by atoms with Gasteiger partial charge >= 0.3 is 6.16 Å². The van der Waals surface area contributed by atoms with E-state index >= 15 is 0 Å². The Kier molecular flexibility index (Phi) is 4.30. The number of ether oxygens (including phenoxy) is 2. The highest BCUT2D eigenvalue weighted by atomic mass is 16.7. The Morgan fingerprint density at radius 1 is 1.78 bits per heavy atom. The fourth-order valence-electron chi connectivity index (χ4n) is 0.238. The molecule has 0 aromatic rings. The van der Waals surface area contributed by atoms with Gasteiger partial charge in [-0.1, -0.05) is 0 Å². The number of hydrogen-bond donors (Lipinski definition) is 1. The topological polar surface area (TPSA) is 55.8 Å². The first-order valence-electron chi connectivity index (χ1n) is 2.44. The maximum absolute atomic E-state index is 10.2. The van der Waals surface area contributed by atoms with E-state index in [4.69, 9.17) is 5.11 Å². The predicted molar refractivity (Wildman–Crippen MR) is 29.9 cm³/mol. The number of aliphatic hydroxyl groups is 1. The normalized spacial score (nSPS) is 9.44. The molecule has 0 spiro atoms. The van der Waals surface area contributed by atoms with Crippen LogP contribution in [0.4, 0.5) is 4.79 Å². The second-order valence-electron chi connectivity index (χ2n) is 1.09. The van der Waals surface area contributed by atoms with Crippen LogP contribution in [0.15, 0.2) is 12.5 Å². The third-order valence-corrected chi connectivity index (χ3v) is 0.487. The van der Waals surface area contributed by atoms with E-state index < -0.39 is 6.16 Å². The van der Waals surface area contributed by atoms with Crippen molar-refractivity contribution < 1.29 is 19.4 Å². The lowest BCUT2D eigenvalue weighted by Gasteiger charge is -1.95. The Morgan fingerprint density at radius 3 is 2.89 bits per heavy atom. The van der Waals surface area contributed by atoms with Gasteiger partial charge in [-0.2, -0.15) is 0 Å². The van der Waals surface area contributed by atoms with Crippen LogP contribution in [0.2, 0.25) is 0 Å². The van der Waals surface area contributed by atoms with E-state index in [9.17, 15) is 4.79 Å². The Balaban J connectivity index is 3.27. The van der Waals surface area contributed by atoms with Crippen LogP contribution in [-0.2, 0) is 9.47 Å². The van der Waals surface area contributed by atoms with Gasteiger partial charge in [-0.15, -0.1) is 0 Å². The number of hydrogen-bond acceptors (Lipinski definition) is 4. The summed E-state index contributed by atoms with van der Waals surface area (Å²) in [7, 11) is 0. The van der Waals surface area contributed by atoms with Crippen molar-refractivity contribution in [2.24, 2.45) is 0 Å². The molecule has 0 saturated heterocycles. The number of rotatable bonds is 2. The van der Waals surface area contributed by atoms with Crippen LogP contribution in [-0.4, -0.2) is 17.9 Å². The van der Waals surface area contributed by atoms with Gasteiger partial charge in [0.25, 0.3) is 0 Å². The van der Waals surface area contributed by atoms with Gasteiger partial charge in [-0.05, 0) is 6.92 Å². The van der Waals surface area contributed by atoms with Gasteiger partial charge in [0.2, 0.25) is 0 Å². The summed E-state index contributed by atoms with van der Waals surface area (Å²) < 4.78 is 8.46. The van der Waals surface area contributed by atoms with Gasteiger partial charge in [0.15, 0.2) is 0 Å². The molecule has 0 aliphatic carbocycles. The first kappa shape index (κ1) is 7.81. The zero-order valence-electron chi connectivity index (χ0n) is 5.03. The molecule has 9 heavy (non-hydrogen) atoms. The lowest BCUT2D eigenvalue weighted by Crippen LogP contribution is -2.02. The summed E-state index contributed by atoms with van der Waals surface area (Å²) in [6.07, 6.45) is 0.623. The van der Waals surface area contributed by atoms with Crippen LogP contribution < -0.4 is 0 Å². The second-order valence-corrected chi connectivity index (χ2v) is 1.09. The molecule has 0 saturated carbocycles. The molecule has 0 heterocycles. The van der Waals surface area contributed by atoms with Crippen LogP contribution in [0.25, 0.3) is 0 Å². The summed E-state index contributed by atoms with van der Waals surface area (Å²) >= 11 is 0. The van der Waals surface area contributed by atoms with Crippen molar-refractivity contribution in [3.8, 4) is 0 Å². The predicted octanol–water partition coefficient (Wildman–Crippen LogP) is 1.19. The molecule has 0 amide bonds. The minimum atomic E-state index is -0.817. The van der Waals surface area contributed by atoms with Crippen molar-refractivity contribution in [1.29, 1.82) is 0 Å². The average molecular weight is 132 g/mol. The third kappa shape index (κ3) is 4.67. The molecule has 52 valence electrons. The molecule has 0 rings (SSSR count). The summed E-state index contributed by atoms with van der Waals surface area (Å²) in [6.45, 7) is 1.92. The molecule has 4 nitrogen and oxygen atoms in total. The summed E-state index contributed by atoms with van der Waals surface area (Å²) in [5.41, 5.74) is 0. The highest BCUT2D eigenvalue weighted by Crippen LogP contribution is 1.83. The minimum Gasteiger partial charge on any atom is -0.512 e. The highest BCUT2D eigenvalue weighted by Gasteiger charge is 1.95. The second kappa shape index (κ2) is 4.96. The molecular formula is C5H8O4. The van der Waals surface area contributed by atoms with Crippen LogP contribution in [0.3, 0.4) is 0 Å². The molecule has 0 aliphatic rings. The first-order chi connectivity index (χ1) is 4.31. The van der Waals surface area contributed by atoms with Gasteiger partial charge in [0, 0.05) is 0 Å². The fraction of sp³-hybridized carbons (Fsp3) is 0.400. The zero-order chi connectivity index (χ0) is 7.11. The van der Waals surface area contributed by atoms with Crippen molar-refractivity contribution >= 4 is 6.16 Å². The lowest BCUT2D eigenvalue weighted by molar-refractivity contribution is 0.0880. The molecule has 0 aliphatic heterocycles. The van der Waals surface area contributed by atoms with E-state index in [0.29, 0.717) is 6.26 Å². The molecule has 0 bridgehead atoms. The van der Waals surface area contributed by atoms with Crippen LogP contribution in [0, 0.1) is 0 Å². The quantitative estimate of drug-likeness (QED) is 0.453. The highest BCUT2D eigenvalue weighted by molar-refractivity contribution is 5.60. The number of carbonyl (C=O) groups excluding carboxylic acids is 1. The Morgan fingerprint density at radius 2 is 2.44 bits per heavy atom. The number of carbonyl (C=O) groups is 1. The van der Waals surface area contributed by atoms with E-state index in [1.165, 1.54) is 0 Å². The maximum atomic E-state index is 10.2. The van der Waals surface area contributed by atoms with Gasteiger partial charge in [-0.3, -0.25) is 0 Å². The lowest BCUT2D eigenvalue weighted by atomic mass is 10.9. The van der Waals surface area contributed by atoms with E-state index in [-0.39, 0.29) is 6.61 Å². The third-order valence-electron chi connectivity index (χ3n) is 0.487. The van der Waals surface area contributed by atoms with E-state index in [1.807, 2.05) is 0 Å². The first-order valence-corrected chi connectivity index (χ1v) is 2.44. The van der Waals surface area contributed by atoms with Crippen molar-refractivity contribution in [2.45, 2.75) is 6.92 Å². The maximum Gasteiger partial charge on any atom is 0.513 e. The van der Waals surface area contributed by atoms with Crippen molar-refractivity contribution in [2.75, 3.05) is 6.61 Å². The molecule has 0 fully saturated rings. The van der Waals surface area contributed by atoms with Gasteiger partial charge in [0.05, 0.1) is 6.61 Å². The molecule has 0 atom stereocenters. The molecule has 4 heteroatoms. The van der Waals surface area contributed by atoms with Gasteiger partial charge < -0.3 is 14.6 Å². The summed E-state index contributed by atoms with van der Waals surface area (Å²) in [6, 6.07) is 0. The zero-order valence-corrected chi connectivity index (χ0v) is 5.03. The summed E-state index contributed by atoms with van der Waals surface area (Å²) in [5.74, 6) is 0. The van der Waals surface area contributed by atoms with E-state index in [2.05, 4.69) is 9.47 Å². The largest absolute Gasteiger partial charge is 0.513 e. The van der Waals surface area contributed by atoms with Gasteiger partial charge in [0.1, 0.15) is 12.5 Å². The van der Waals surface area contributed by atoms with Crippen molar-refractivity contribution in [3.63, 3.8) is 0 Å². The summed E-state index contributed by atoms with van der Waals surface area (Å²) in [4.78, 5) is 10.2. The Labute approximate surface area is 52.7 Å². The monoisotopic (exact) mass is 132 g/mol. The summed E-state index contributed by atoms with van der Waals surface area (Å²) in [5, 5.41) is 7.97. The van der Waals surface area contributed by atoms with Crippen LogP contribution in [0.5, 0.6) is 0 Å². The minimum absolute atomic E-state index is 0.262. The van der Waals surface area contributed by atoms with Crippen molar-refractivity contribution in [1.82, 2.24) is 0 Å². The van der Waals surface area contributed by atoms with Crippen molar-refractivity contribution in [3.05, 3.63) is 12.5 Å². The number of aliphatic hydroxyl groups excluding tert-OH is 1. The molecule has 0 radical (unpaired) electrons. The van der Waals surface area contributed by atoms with Crippen LogP contribution in [0.1, 0.15) is 6.92 Å². The van der Waals surface area contributed by atoms with E-state index in [1.54, 1.807) is 6.92 Å². The molecule has 0 aromatic heterocycles. The molecule has 1 N–H and O–H groups in total. The average Bonchev–Trinajstić information content (AvgIpc) is 1.85. The van der Waals surface area contributed by atoms with Crippen LogP contribution >= 0.6 is 0 Å². The van der Waals surface area contributed by atoms with Gasteiger partial charge in [-0.25, -0.2) is 4.79 Å². The molecular weight excluding hydrogens is 124 g/mol. The molecule has 0 aromatic carbocycles. The SMILES string of the molecule is CCOC(=O)O/C=C\O. The standard InChI is InChI=1S/C5H8O4/c1-2-8-5(7)9-4-3-6/h3-4,6H,2H2,1H3/b4-3-.